The van der Waals surface area contributed by atoms with Crippen molar-refractivity contribution in [2.45, 2.75) is 37.4 Å². The SMILES string of the molecule is CCC(C(=O)Nc1ccc(-c2cncc(C#N)n2)cc1)c1csc(NS(=O)(=O)C2CC2)n1. The summed E-state index contributed by atoms with van der Waals surface area (Å²) in [5, 5.41) is 13.5. The van der Waals surface area contributed by atoms with Crippen molar-refractivity contribution < 1.29 is 13.2 Å². The highest BCUT2D eigenvalue weighted by Gasteiger charge is 2.36. The van der Waals surface area contributed by atoms with Gasteiger partial charge in [-0.2, -0.15) is 5.26 Å². The molecule has 164 valence electrons. The van der Waals surface area contributed by atoms with Crippen molar-refractivity contribution in [3.8, 4) is 17.3 Å². The molecule has 0 saturated heterocycles. The lowest BCUT2D eigenvalue weighted by Crippen LogP contribution is -2.21. The molecule has 1 aliphatic carbocycles. The number of aromatic nitrogens is 3. The summed E-state index contributed by atoms with van der Waals surface area (Å²) in [5.41, 5.74) is 2.70. The Morgan fingerprint density at radius 2 is 2.00 bits per heavy atom. The molecule has 11 heteroatoms. The van der Waals surface area contributed by atoms with Crippen LogP contribution in [0.15, 0.2) is 42.0 Å². The van der Waals surface area contributed by atoms with Gasteiger partial charge in [0.05, 0.1) is 34.9 Å². The smallest absolute Gasteiger partial charge is 0.237 e. The van der Waals surface area contributed by atoms with Crippen LogP contribution in [-0.4, -0.2) is 34.5 Å². The third kappa shape index (κ3) is 4.92. The van der Waals surface area contributed by atoms with E-state index in [0.29, 0.717) is 36.3 Å². The molecule has 1 saturated carbocycles. The molecule has 1 unspecified atom stereocenters. The highest BCUT2D eigenvalue weighted by molar-refractivity contribution is 7.93. The van der Waals surface area contributed by atoms with Gasteiger partial charge in [-0.05, 0) is 31.4 Å². The third-order valence-electron chi connectivity index (χ3n) is 4.99. The number of rotatable bonds is 8. The van der Waals surface area contributed by atoms with Crippen LogP contribution in [0.4, 0.5) is 10.8 Å². The molecule has 2 heterocycles. The maximum Gasteiger partial charge on any atom is 0.237 e. The van der Waals surface area contributed by atoms with E-state index in [1.807, 2.05) is 13.0 Å². The Labute approximate surface area is 189 Å². The molecule has 1 atom stereocenters. The van der Waals surface area contributed by atoms with Gasteiger partial charge in [-0.25, -0.2) is 18.4 Å². The van der Waals surface area contributed by atoms with Crippen LogP contribution >= 0.6 is 11.3 Å². The van der Waals surface area contributed by atoms with Gasteiger partial charge in [0.1, 0.15) is 6.07 Å². The number of nitrogens with zero attached hydrogens (tertiary/aromatic N) is 4. The Hall–Kier alpha value is -3.36. The summed E-state index contributed by atoms with van der Waals surface area (Å²) in [4.78, 5) is 25.4. The van der Waals surface area contributed by atoms with Crippen LogP contribution in [0.3, 0.4) is 0 Å². The fraction of sp³-hybridized carbons (Fsp3) is 0.286. The first-order valence-electron chi connectivity index (χ1n) is 10.00. The topological polar surface area (TPSA) is 138 Å². The number of anilines is 2. The van der Waals surface area contributed by atoms with Gasteiger partial charge in [0.2, 0.25) is 15.9 Å². The monoisotopic (exact) mass is 468 g/mol. The predicted octanol–water partition coefficient (Wildman–Crippen LogP) is 3.51. The third-order valence-corrected chi connectivity index (χ3v) is 7.73. The van der Waals surface area contributed by atoms with Gasteiger partial charge < -0.3 is 5.32 Å². The van der Waals surface area contributed by atoms with E-state index in [1.54, 1.807) is 35.8 Å². The van der Waals surface area contributed by atoms with Crippen LogP contribution in [0.1, 0.15) is 43.5 Å². The van der Waals surface area contributed by atoms with Gasteiger partial charge in [-0.3, -0.25) is 14.5 Å². The van der Waals surface area contributed by atoms with Crippen molar-refractivity contribution in [3.05, 3.63) is 53.4 Å². The van der Waals surface area contributed by atoms with Crippen molar-refractivity contribution in [2.75, 3.05) is 10.0 Å². The van der Waals surface area contributed by atoms with Crippen molar-refractivity contribution in [1.82, 2.24) is 15.0 Å². The van der Waals surface area contributed by atoms with Crippen molar-refractivity contribution >= 4 is 38.1 Å². The van der Waals surface area contributed by atoms with Crippen LogP contribution in [0.5, 0.6) is 0 Å². The van der Waals surface area contributed by atoms with E-state index >= 15 is 0 Å². The fourth-order valence-electron chi connectivity index (χ4n) is 3.12. The quantitative estimate of drug-likeness (QED) is 0.516. The maximum atomic E-state index is 12.9. The van der Waals surface area contributed by atoms with Crippen molar-refractivity contribution in [2.24, 2.45) is 0 Å². The van der Waals surface area contributed by atoms with Crippen LogP contribution in [-0.2, 0) is 14.8 Å². The number of benzene rings is 1. The molecular formula is C21H20N6O3S2. The normalized spacial score (nSPS) is 14.4. The van der Waals surface area contributed by atoms with E-state index in [9.17, 15) is 13.2 Å². The first-order valence-corrected chi connectivity index (χ1v) is 12.4. The Kier molecular flexibility index (Phi) is 6.16. The molecule has 2 N–H and O–H groups in total. The summed E-state index contributed by atoms with van der Waals surface area (Å²) in [6.45, 7) is 1.88. The summed E-state index contributed by atoms with van der Waals surface area (Å²) in [6.07, 6.45) is 4.81. The van der Waals surface area contributed by atoms with E-state index in [-0.39, 0.29) is 22.0 Å². The zero-order chi connectivity index (χ0) is 22.7. The van der Waals surface area contributed by atoms with E-state index in [1.165, 1.54) is 17.5 Å². The Balaban J connectivity index is 1.43. The summed E-state index contributed by atoms with van der Waals surface area (Å²) >= 11 is 1.17. The largest absolute Gasteiger partial charge is 0.326 e. The summed E-state index contributed by atoms with van der Waals surface area (Å²) in [5.74, 6) is -0.739. The lowest BCUT2D eigenvalue weighted by atomic mass is 10.0. The van der Waals surface area contributed by atoms with Crippen LogP contribution in [0, 0.1) is 11.3 Å². The van der Waals surface area contributed by atoms with E-state index in [2.05, 4.69) is 25.0 Å². The highest BCUT2D eigenvalue weighted by atomic mass is 32.2. The second-order valence-corrected chi connectivity index (χ2v) is 10.2. The Morgan fingerprint density at radius 1 is 1.25 bits per heavy atom. The minimum atomic E-state index is -3.39. The minimum absolute atomic E-state index is 0.228. The van der Waals surface area contributed by atoms with E-state index in [4.69, 9.17) is 5.26 Å². The number of nitriles is 1. The molecule has 1 amide bonds. The zero-order valence-corrected chi connectivity index (χ0v) is 18.8. The van der Waals surface area contributed by atoms with Crippen LogP contribution < -0.4 is 10.0 Å². The Bertz CT molecular complexity index is 1280. The number of nitrogens with one attached hydrogen (secondary N) is 2. The molecule has 2 aromatic heterocycles. The van der Waals surface area contributed by atoms with E-state index in [0.717, 1.165) is 5.56 Å². The summed E-state index contributed by atoms with van der Waals surface area (Å²) in [7, 11) is -3.39. The second-order valence-electron chi connectivity index (χ2n) is 7.35. The zero-order valence-electron chi connectivity index (χ0n) is 17.1. The first-order chi connectivity index (χ1) is 15.4. The molecule has 4 rings (SSSR count). The van der Waals surface area contributed by atoms with Gasteiger partial charge >= 0.3 is 0 Å². The lowest BCUT2D eigenvalue weighted by Gasteiger charge is -2.13. The number of carbonyl (C=O) groups excluding carboxylic acids is 1. The van der Waals surface area contributed by atoms with Gasteiger partial charge in [-0.15, -0.1) is 11.3 Å². The van der Waals surface area contributed by atoms with Gasteiger partial charge in [-0.1, -0.05) is 19.1 Å². The average molecular weight is 469 g/mol. The van der Waals surface area contributed by atoms with E-state index < -0.39 is 15.9 Å². The van der Waals surface area contributed by atoms with Gasteiger partial charge in [0.25, 0.3) is 0 Å². The summed E-state index contributed by atoms with van der Waals surface area (Å²) in [6, 6.07) is 9.03. The lowest BCUT2D eigenvalue weighted by molar-refractivity contribution is -0.117. The number of amides is 1. The molecule has 0 bridgehead atoms. The second kappa shape index (κ2) is 9.02. The molecule has 3 aromatic rings. The Morgan fingerprint density at radius 3 is 2.66 bits per heavy atom. The highest BCUT2D eigenvalue weighted by Crippen LogP contribution is 2.32. The number of hydrogen-bond donors (Lipinski definition) is 2. The van der Waals surface area contributed by atoms with Crippen molar-refractivity contribution in [1.29, 1.82) is 5.26 Å². The number of carbonyl (C=O) groups is 1. The molecule has 9 nitrogen and oxygen atoms in total. The van der Waals surface area contributed by atoms with Crippen LogP contribution in [0.25, 0.3) is 11.3 Å². The molecular weight excluding hydrogens is 448 g/mol. The average Bonchev–Trinajstić information content (AvgIpc) is 3.57. The van der Waals surface area contributed by atoms with Gasteiger partial charge in [0, 0.05) is 16.6 Å². The first kappa shape index (κ1) is 21.9. The number of sulfonamides is 1. The molecule has 1 aromatic carbocycles. The maximum absolute atomic E-state index is 12.9. The molecule has 0 aliphatic heterocycles. The molecule has 1 aliphatic rings. The summed E-state index contributed by atoms with van der Waals surface area (Å²) < 4.78 is 26.7. The van der Waals surface area contributed by atoms with Crippen LogP contribution in [0.2, 0.25) is 0 Å². The van der Waals surface area contributed by atoms with Gasteiger partial charge in [0.15, 0.2) is 10.8 Å². The van der Waals surface area contributed by atoms with Crippen molar-refractivity contribution in [3.63, 3.8) is 0 Å². The molecule has 1 fully saturated rings. The molecule has 32 heavy (non-hydrogen) atoms. The molecule has 0 radical (unpaired) electrons. The fourth-order valence-corrected chi connectivity index (χ4v) is 5.48. The number of hydrogen-bond acceptors (Lipinski definition) is 8. The number of thiazole rings is 1. The standard InChI is InChI=1S/C21H20N6O3S2/c1-2-17(19-12-31-21(26-19)27-32(29,30)16-7-8-16)20(28)25-14-5-3-13(4-6-14)18-11-23-10-15(9-22)24-18/h3-6,10-12,16-17H,2,7-8H2,1H3,(H,25,28)(H,26,27). The predicted molar refractivity (Wildman–Crippen MR) is 122 cm³/mol. The minimum Gasteiger partial charge on any atom is -0.326 e. The molecule has 0 spiro atoms.